The van der Waals surface area contributed by atoms with E-state index in [1.807, 2.05) is 35.5 Å². The van der Waals surface area contributed by atoms with Crippen molar-refractivity contribution >= 4 is 16.7 Å². The van der Waals surface area contributed by atoms with E-state index in [2.05, 4.69) is 38.6 Å². The van der Waals surface area contributed by atoms with Crippen molar-refractivity contribution in [1.29, 1.82) is 0 Å². The molecule has 118 valence electrons. The van der Waals surface area contributed by atoms with E-state index < -0.39 is 11.0 Å². The smallest absolute Gasteiger partial charge is 0.152 e. The van der Waals surface area contributed by atoms with Gasteiger partial charge in [0, 0.05) is 6.54 Å². The van der Waals surface area contributed by atoms with Crippen molar-refractivity contribution < 1.29 is 4.21 Å². The van der Waals surface area contributed by atoms with Gasteiger partial charge in [0.2, 0.25) is 0 Å². The number of nitrogens with zero attached hydrogens (tertiary/aromatic N) is 1. The van der Waals surface area contributed by atoms with Crippen LogP contribution in [0.15, 0.2) is 59.6 Å². The fraction of sp³-hybridized carbons (Fsp3) is 0.368. The lowest BCUT2D eigenvalue weighted by molar-refractivity contribution is 0.677. The fourth-order valence-electron chi connectivity index (χ4n) is 2.68. The van der Waals surface area contributed by atoms with Crippen molar-refractivity contribution in [2.24, 2.45) is 5.92 Å². The minimum absolute atomic E-state index is 0.457. The molecule has 0 bridgehead atoms. The fourth-order valence-corrected chi connectivity index (χ4v) is 3.80. The Morgan fingerprint density at radius 1 is 1.32 bits per heavy atom. The second kappa shape index (κ2) is 7.59. The quantitative estimate of drug-likeness (QED) is 0.716. The first kappa shape index (κ1) is 16.8. The number of rotatable bonds is 5. The third kappa shape index (κ3) is 3.77. The number of allylic oxidation sites excluding steroid dienone is 4. The number of hydrogen-bond acceptors (Lipinski definition) is 1. The molecule has 1 aromatic rings. The maximum absolute atomic E-state index is 12.8. The van der Waals surface area contributed by atoms with Crippen molar-refractivity contribution in [3.63, 3.8) is 0 Å². The van der Waals surface area contributed by atoms with E-state index in [0.717, 1.165) is 25.1 Å². The van der Waals surface area contributed by atoms with Gasteiger partial charge >= 0.3 is 0 Å². The van der Waals surface area contributed by atoms with Crippen LogP contribution in [0.25, 0.3) is 0 Å². The van der Waals surface area contributed by atoms with E-state index in [9.17, 15) is 4.21 Å². The molecule has 0 fully saturated rings. The van der Waals surface area contributed by atoms with Gasteiger partial charge in [0.05, 0.1) is 10.6 Å². The van der Waals surface area contributed by atoms with E-state index in [0.29, 0.717) is 10.8 Å². The highest BCUT2D eigenvalue weighted by molar-refractivity contribution is 7.90. The van der Waals surface area contributed by atoms with Crippen LogP contribution in [-0.2, 0) is 17.4 Å². The topological polar surface area (TPSA) is 20.3 Å². The van der Waals surface area contributed by atoms with Crippen LogP contribution in [0.3, 0.4) is 0 Å². The molecule has 1 heterocycles. The summed E-state index contributed by atoms with van der Waals surface area (Å²) in [4.78, 5) is 0.650. The van der Waals surface area contributed by atoms with Crippen LogP contribution in [0.1, 0.15) is 32.8 Å². The molecule has 3 heteroatoms. The zero-order chi connectivity index (χ0) is 16.1. The minimum atomic E-state index is -1.22. The minimum Gasteiger partial charge on any atom is -0.288 e. The van der Waals surface area contributed by atoms with E-state index in [1.165, 1.54) is 11.1 Å². The molecule has 0 saturated heterocycles. The highest BCUT2D eigenvalue weighted by Gasteiger charge is 2.21. The summed E-state index contributed by atoms with van der Waals surface area (Å²) in [7, 11) is -1.22. The van der Waals surface area contributed by atoms with Crippen molar-refractivity contribution in [3.05, 3.63) is 65.1 Å². The van der Waals surface area contributed by atoms with Crippen LogP contribution < -0.4 is 4.31 Å². The molecule has 1 atom stereocenters. The number of hydrogen-bond donors (Lipinski definition) is 0. The highest BCUT2D eigenvalue weighted by atomic mass is 32.2. The second-order valence-electron chi connectivity index (χ2n) is 5.83. The molecule has 0 amide bonds. The third-order valence-corrected chi connectivity index (χ3v) is 5.32. The first-order chi connectivity index (χ1) is 10.5. The first-order valence-corrected chi connectivity index (χ1v) is 8.95. The summed E-state index contributed by atoms with van der Waals surface area (Å²) in [6.45, 7) is 11.2. The number of para-hydroxylation sites is 1. The van der Waals surface area contributed by atoms with Gasteiger partial charge in [-0.3, -0.25) is 4.31 Å². The SMILES string of the molecule is C=C(/C=C\C(=C/C)C(C)C)S(=O)N1CCCc2ccccc21. The Balaban J connectivity index is 2.16. The molecule has 0 saturated carbocycles. The summed E-state index contributed by atoms with van der Waals surface area (Å²) >= 11 is 0. The predicted molar refractivity (Wildman–Crippen MR) is 97.1 cm³/mol. The van der Waals surface area contributed by atoms with Gasteiger partial charge in [-0.05, 0) is 49.0 Å². The van der Waals surface area contributed by atoms with Gasteiger partial charge in [-0.1, -0.05) is 50.8 Å². The first-order valence-electron chi connectivity index (χ1n) is 7.85. The monoisotopic (exact) mass is 315 g/mol. The predicted octanol–water partition coefficient (Wildman–Crippen LogP) is 4.78. The Labute approximate surface area is 136 Å². The molecule has 1 aromatic carbocycles. The Hall–Kier alpha value is -1.61. The molecule has 1 aliphatic heterocycles. The van der Waals surface area contributed by atoms with Gasteiger partial charge in [0.1, 0.15) is 0 Å². The summed E-state index contributed by atoms with van der Waals surface area (Å²) in [5, 5.41) is 0. The number of anilines is 1. The number of aryl methyl sites for hydroxylation is 1. The molecule has 0 radical (unpaired) electrons. The molecule has 22 heavy (non-hydrogen) atoms. The largest absolute Gasteiger partial charge is 0.288 e. The molecule has 2 rings (SSSR count). The molecule has 1 unspecified atom stereocenters. The van der Waals surface area contributed by atoms with Gasteiger partial charge in [-0.2, -0.15) is 0 Å². The highest BCUT2D eigenvalue weighted by Crippen LogP contribution is 2.29. The van der Waals surface area contributed by atoms with Gasteiger partial charge in [0.25, 0.3) is 0 Å². The Morgan fingerprint density at radius 2 is 2.05 bits per heavy atom. The molecule has 0 aliphatic carbocycles. The average Bonchev–Trinajstić information content (AvgIpc) is 2.53. The van der Waals surface area contributed by atoms with E-state index in [1.54, 1.807) is 0 Å². The standard InChI is InChI=1S/C19H25NOS/c1-5-17(15(2)3)13-12-16(4)22(21)20-14-8-10-18-9-6-7-11-19(18)20/h5-7,9,11-13,15H,4,8,10,14H2,1-3H3/b13-12-,17-5+. The summed E-state index contributed by atoms with van der Waals surface area (Å²) in [6, 6.07) is 8.22. The van der Waals surface area contributed by atoms with Gasteiger partial charge in [-0.25, -0.2) is 4.21 Å². The number of benzene rings is 1. The molecule has 2 nitrogen and oxygen atoms in total. The van der Waals surface area contributed by atoms with E-state index in [4.69, 9.17) is 0 Å². The van der Waals surface area contributed by atoms with Crippen LogP contribution >= 0.6 is 0 Å². The van der Waals surface area contributed by atoms with Gasteiger partial charge in [-0.15, -0.1) is 0 Å². The Morgan fingerprint density at radius 3 is 2.73 bits per heavy atom. The van der Waals surface area contributed by atoms with Gasteiger partial charge < -0.3 is 0 Å². The summed E-state index contributed by atoms with van der Waals surface area (Å²) < 4.78 is 14.8. The van der Waals surface area contributed by atoms with Crippen molar-refractivity contribution in [2.45, 2.75) is 33.6 Å². The molecular formula is C19H25NOS. The molecule has 1 aliphatic rings. The zero-order valence-corrected chi connectivity index (χ0v) is 14.5. The second-order valence-corrected chi connectivity index (χ2v) is 7.29. The normalized spacial score (nSPS) is 16.9. The maximum atomic E-state index is 12.8. The lowest BCUT2D eigenvalue weighted by Crippen LogP contribution is -2.31. The molecule has 0 aromatic heterocycles. The van der Waals surface area contributed by atoms with Crippen LogP contribution in [0.2, 0.25) is 0 Å². The van der Waals surface area contributed by atoms with E-state index in [-0.39, 0.29) is 0 Å². The summed E-state index contributed by atoms with van der Waals surface area (Å²) in [5.74, 6) is 0.457. The van der Waals surface area contributed by atoms with E-state index >= 15 is 0 Å². The van der Waals surface area contributed by atoms with Crippen molar-refractivity contribution in [3.8, 4) is 0 Å². The number of fused-ring (bicyclic) bond motifs is 1. The molecular weight excluding hydrogens is 290 g/mol. The third-order valence-electron chi connectivity index (χ3n) is 3.95. The van der Waals surface area contributed by atoms with Gasteiger partial charge in [0.15, 0.2) is 11.0 Å². The lowest BCUT2D eigenvalue weighted by atomic mass is 10.0. The zero-order valence-electron chi connectivity index (χ0n) is 13.7. The molecule has 0 spiro atoms. The lowest BCUT2D eigenvalue weighted by Gasteiger charge is -2.29. The Bertz CT molecular complexity index is 628. The van der Waals surface area contributed by atoms with Crippen LogP contribution in [0.4, 0.5) is 5.69 Å². The maximum Gasteiger partial charge on any atom is 0.152 e. The van der Waals surface area contributed by atoms with Crippen LogP contribution in [0, 0.1) is 5.92 Å². The van der Waals surface area contributed by atoms with Crippen molar-refractivity contribution in [1.82, 2.24) is 0 Å². The Kier molecular flexibility index (Phi) is 5.78. The van der Waals surface area contributed by atoms with Crippen LogP contribution in [0.5, 0.6) is 0 Å². The molecule has 0 N–H and O–H groups in total. The van der Waals surface area contributed by atoms with Crippen LogP contribution in [-0.4, -0.2) is 10.8 Å². The summed E-state index contributed by atoms with van der Waals surface area (Å²) in [6.07, 6.45) is 8.10. The average molecular weight is 315 g/mol. The van der Waals surface area contributed by atoms with Crippen molar-refractivity contribution in [2.75, 3.05) is 10.8 Å². The summed E-state index contributed by atoms with van der Waals surface area (Å²) in [5.41, 5.74) is 3.59.